The maximum Gasteiger partial charge on any atom is 0.241 e. The molecule has 0 spiro atoms. The lowest BCUT2D eigenvalue weighted by Crippen LogP contribution is -2.34. The fourth-order valence-corrected chi connectivity index (χ4v) is 4.36. The van der Waals surface area contributed by atoms with E-state index in [1.807, 2.05) is 43.3 Å². The second-order valence-corrected chi connectivity index (χ2v) is 8.09. The van der Waals surface area contributed by atoms with E-state index in [-0.39, 0.29) is 16.8 Å². The number of carbonyl (C=O) groups is 1. The fraction of sp³-hybridized carbons (Fsp3) is 0.316. The number of carbonyl (C=O) groups excluding carboxylic acids is 1. The monoisotopic (exact) mass is 358 g/mol. The fourth-order valence-electron chi connectivity index (χ4n) is 3.08. The molecule has 1 aliphatic heterocycles. The Morgan fingerprint density at radius 2 is 1.84 bits per heavy atom. The van der Waals surface area contributed by atoms with Crippen LogP contribution in [-0.2, 0) is 27.8 Å². The lowest BCUT2D eigenvalue weighted by Gasteiger charge is -2.28. The molecule has 2 aromatic rings. The van der Waals surface area contributed by atoms with Gasteiger partial charge in [-0.3, -0.25) is 4.79 Å². The van der Waals surface area contributed by atoms with Gasteiger partial charge in [-0.05, 0) is 42.2 Å². The number of fused-ring (bicyclic) bond motifs is 1. The Bertz CT molecular complexity index is 879. The third kappa shape index (κ3) is 3.91. The van der Waals surface area contributed by atoms with Gasteiger partial charge in [-0.25, -0.2) is 13.1 Å². The molecular formula is C19H22N2O3S. The number of hydrogen-bond acceptors (Lipinski definition) is 3. The zero-order valence-electron chi connectivity index (χ0n) is 14.4. The highest BCUT2D eigenvalue weighted by atomic mass is 32.2. The number of sulfonamides is 1. The zero-order chi connectivity index (χ0) is 18.0. The van der Waals surface area contributed by atoms with Crippen molar-refractivity contribution in [3.05, 3.63) is 65.2 Å². The van der Waals surface area contributed by atoms with Crippen LogP contribution in [-0.4, -0.2) is 25.8 Å². The summed E-state index contributed by atoms with van der Waals surface area (Å²) < 4.78 is 28.1. The van der Waals surface area contributed by atoms with Crippen LogP contribution in [0.2, 0.25) is 0 Å². The van der Waals surface area contributed by atoms with Gasteiger partial charge in [-0.1, -0.05) is 36.4 Å². The molecule has 1 N–H and O–H groups in total. The van der Waals surface area contributed by atoms with E-state index in [4.69, 9.17) is 0 Å². The molecule has 6 heteroatoms. The summed E-state index contributed by atoms with van der Waals surface area (Å²) in [6.07, 6.45) is 0.673. The second kappa shape index (κ2) is 6.98. The molecule has 1 aliphatic rings. The highest BCUT2D eigenvalue weighted by molar-refractivity contribution is 7.89. The maximum absolute atomic E-state index is 12.7. The number of nitrogens with one attached hydrogen (secondary N) is 1. The van der Waals surface area contributed by atoms with Crippen molar-refractivity contribution in [2.24, 2.45) is 0 Å². The smallest absolute Gasteiger partial charge is 0.241 e. The molecule has 0 saturated heterocycles. The number of amides is 1. The highest BCUT2D eigenvalue weighted by Crippen LogP contribution is 2.24. The average molecular weight is 358 g/mol. The molecule has 0 aromatic heterocycles. The van der Waals surface area contributed by atoms with Gasteiger partial charge >= 0.3 is 0 Å². The topological polar surface area (TPSA) is 66.5 Å². The van der Waals surface area contributed by atoms with Crippen LogP contribution < -0.4 is 4.72 Å². The summed E-state index contributed by atoms with van der Waals surface area (Å²) in [5.41, 5.74) is 2.92. The number of benzene rings is 2. The van der Waals surface area contributed by atoms with Crippen LogP contribution >= 0.6 is 0 Å². The SMILES string of the molecule is CC(=O)N1CCc2cc(S(=O)(=O)N[C@@H](C)c3ccccc3)ccc2C1. The van der Waals surface area contributed by atoms with Crippen molar-refractivity contribution in [1.29, 1.82) is 0 Å². The Morgan fingerprint density at radius 1 is 1.12 bits per heavy atom. The molecule has 2 aromatic carbocycles. The normalized spacial score (nSPS) is 15.5. The van der Waals surface area contributed by atoms with Crippen molar-refractivity contribution in [3.63, 3.8) is 0 Å². The highest BCUT2D eigenvalue weighted by Gasteiger charge is 2.23. The quantitative estimate of drug-likeness (QED) is 0.914. The predicted molar refractivity (Wildman–Crippen MR) is 96.4 cm³/mol. The molecule has 3 rings (SSSR count). The van der Waals surface area contributed by atoms with Gasteiger partial charge in [0.25, 0.3) is 0 Å². The van der Waals surface area contributed by atoms with Crippen LogP contribution in [0.3, 0.4) is 0 Å². The van der Waals surface area contributed by atoms with Crippen molar-refractivity contribution in [2.45, 2.75) is 37.8 Å². The summed E-state index contributed by atoms with van der Waals surface area (Å²) in [6, 6.07) is 14.3. The van der Waals surface area contributed by atoms with E-state index in [9.17, 15) is 13.2 Å². The van der Waals surface area contributed by atoms with E-state index in [1.54, 1.807) is 24.0 Å². The van der Waals surface area contributed by atoms with Gasteiger partial charge in [-0.15, -0.1) is 0 Å². The summed E-state index contributed by atoms with van der Waals surface area (Å²) in [4.78, 5) is 13.5. The third-order valence-electron chi connectivity index (χ3n) is 4.58. The van der Waals surface area contributed by atoms with E-state index in [0.29, 0.717) is 19.5 Å². The molecule has 0 bridgehead atoms. The van der Waals surface area contributed by atoms with Crippen LogP contribution in [0.5, 0.6) is 0 Å². The van der Waals surface area contributed by atoms with Gasteiger partial charge in [0.1, 0.15) is 0 Å². The Hall–Kier alpha value is -2.18. The Morgan fingerprint density at radius 3 is 2.52 bits per heavy atom. The summed E-state index contributed by atoms with van der Waals surface area (Å²) in [5, 5.41) is 0. The first-order chi connectivity index (χ1) is 11.9. The molecule has 0 aliphatic carbocycles. The van der Waals surface area contributed by atoms with Gasteiger partial charge in [0.05, 0.1) is 4.90 Å². The first kappa shape index (κ1) is 17.6. The largest absolute Gasteiger partial charge is 0.338 e. The van der Waals surface area contributed by atoms with Crippen LogP contribution in [0.4, 0.5) is 0 Å². The molecular weight excluding hydrogens is 336 g/mol. The first-order valence-electron chi connectivity index (χ1n) is 8.31. The predicted octanol–water partition coefficient (Wildman–Crippen LogP) is 2.63. The Labute approximate surface area is 148 Å². The minimum Gasteiger partial charge on any atom is -0.338 e. The van der Waals surface area contributed by atoms with Gasteiger partial charge in [0, 0.05) is 26.1 Å². The van der Waals surface area contributed by atoms with Gasteiger partial charge in [0.2, 0.25) is 15.9 Å². The van der Waals surface area contributed by atoms with Crippen LogP contribution in [0, 0.1) is 0 Å². The van der Waals surface area contributed by atoms with Gasteiger partial charge in [0.15, 0.2) is 0 Å². The number of rotatable bonds is 4. The van der Waals surface area contributed by atoms with Crippen molar-refractivity contribution in [1.82, 2.24) is 9.62 Å². The Kier molecular flexibility index (Phi) is 4.92. The summed E-state index contributed by atoms with van der Waals surface area (Å²) in [7, 11) is -3.60. The molecule has 25 heavy (non-hydrogen) atoms. The maximum atomic E-state index is 12.7. The molecule has 5 nitrogen and oxygen atoms in total. The number of hydrogen-bond donors (Lipinski definition) is 1. The molecule has 1 atom stereocenters. The summed E-state index contributed by atoms with van der Waals surface area (Å²) >= 11 is 0. The zero-order valence-corrected chi connectivity index (χ0v) is 15.2. The number of nitrogens with zero attached hydrogens (tertiary/aromatic N) is 1. The minimum absolute atomic E-state index is 0.0423. The van der Waals surface area contributed by atoms with E-state index in [1.165, 1.54) is 0 Å². The first-order valence-corrected chi connectivity index (χ1v) is 9.80. The van der Waals surface area contributed by atoms with Gasteiger partial charge in [-0.2, -0.15) is 0 Å². The third-order valence-corrected chi connectivity index (χ3v) is 6.12. The van der Waals surface area contributed by atoms with Crippen LogP contribution in [0.15, 0.2) is 53.4 Å². The van der Waals surface area contributed by atoms with Crippen molar-refractivity contribution >= 4 is 15.9 Å². The van der Waals surface area contributed by atoms with E-state index in [2.05, 4.69) is 4.72 Å². The van der Waals surface area contributed by atoms with E-state index in [0.717, 1.165) is 16.7 Å². The van der Waals surface area contributed by atoms with Crippen LogP contribution in [0.25, 0.3) is 0 Å². The Balaban J connectivity index is 1.81. The van der Waals surface area contributed by atoms with Crippen LogP contribution in [0.1, 0.15) is 36.6 Å². The molecule has 1 heterocycles. The summed E-state index contributed by atoms with van der Waals surface area (Å²) in [6.45, 7) is 4.55. The minimum atomic E-state index is -3.60. The summed E-state index contributed by atoms with van der Waals surface area (Å²) in [5.74, 6) is 0.0423. The standard InChI is InChI=1S/C19H22N2O3S/c1-14(16-6-4-3-5-7-16)20-25(23,24)19-9-8-18-13-21(15(2)22)11-10-17(18)12-19/h3-9,12,14,20H,10-11,13H2,1-2H3/t14-/m0/s1. The lowest BCUT2D eigenvalue weighted by atomic mass is 10.00. The molecule has 0 radical (unpaired) electrons. The van der Waals surface area contributed by atoms with Crippen molar-refractivity contribution in [2.75, 3.05) is 6.54 Å². The van der Waals surface area contributed by atoms with Crippen molar-refractivity contribution < 1.29 is 13.2 Å². The lowest BCUT2D eigenvalue weighted by molar-refractivity contribution is -0.129. The molecule has 0 saturated carbocycles. The average Bonchev–Trinajstić information content (AvgIpc) is 2.61. The molecule has 0 unspecified atom stereocenters. The second-order valence-electron chi connectivity index (χ2n) is 6.37. The van der Waals surface area contributed by atoms with Crippen molar-refractivity contribution in [3.8, 4) is 0 Å². The molecule has 0 fully saturated rings. The molecule has 132 valence electrons. The molecule has 1 amide bonds. The van der Waals surface area contributed by atoms with Gasteiger partial charge < -0.3 is 4.90 Å². The van der Waals surface area contributed by atoms with E-state index < -0.39 is 10.0 Å². The van der Waals surface area contributed by atoms with E-state index >= 15 is 0 Å².